The van der Waals surface area contributed by atoms with Gasteiger partial charge in [-0.15, -0.1) is 0 Å². The van der Waals surface area contributed by atoms with Crippen LogP contribution in [0.1, 0.15) is 47.0 Å². The fraction of sp³-hybridized carbons (Fsp3) is 0.786. The van der Waals surface area contributed by atoms with E-state index in [0.717, 1.165) is 5.57 Å². The van der Waals surface area contributed by atoms with Gasteiger partial charge >= 0.3 is 13.6 Å². The summed E-state index contributed by atoms with van der Waals surface area (Å²) in [7, 11) is -3.56. The van der Waals surface area contributed by atoms with Crippen LogP contribution in [0.4, 0.5) is 0 Å². The number of hydrogen-bond acceptors (Lipinski definition) is 5. The Morgan fingerprint density at radius 3 is 2.30 bits per heavy atom. The Kier molecular flexibility index (Phi) is 6.44. The second kappa shape index (κ2) is 7.39. The molecule has 0 aromatic rings. The zero-order valence-electron chi connectivity index (χ0n) is 12.8. The van der Waals surface area contributed by atoms with Crippen LogP contribution in [0.5, 0.6) is 0 Å². The highest BCUT2D eigenvalue weighted by atomic mass is 31.2. The van der Waals surface area contributed by atoms with Crippen LogP contribution < -0.4 is 0 Å². The molecule has 1 aliphatic carbocycles. The van der Waals surface area contributed by atoms with E-state index in [4.69, 9.17) is 13.8 Å². The quantitative estimate of drug-likeness (QED) is 0.408. The van der Waals surface area contributed by atoms with Crippen molar-refractivity contribution in [3.8, 4) is 0 Å². The monoisotopic (exact) mass is 304 g/mol. The van der Waals surface area contributed by atoms with Gasteiger partial charge in [-0.1, -0.05) is 11.6 Å². The van der Waals surface area contributed by atoms with Crippen molar-refractivity contribution in [3.63, 3.8) is 0 Å². The molecule has 20 heavy (non-hydrogen) atoms. The Bertz CT molecular complexity index is 408. The van der Waals surface area contributed by atoms with Crippen LogP contribution in [0.15, 0.2) is 11.6 Å². The first-order chi connectivity index (χ1) is 9.45. The van der Waals surface area contributed by atoms with Gasteiger partial charge in [-0.2, -0.15) is 0 Å². The predicted octanol–water partition coefficient (Wildman–Crippen LogP) is 3.68. The highest BCUT2D eigenvalue weighted by Gasteiger charge is 2.58. The van der Waals surface area contributed by atoms with Crippen LogP contribution in [-0.4, -0.2) is 30.9 Å². The first-order valence-electron chi connectivity index (χ1n) is 7.17. The fourth-order valence-electron chi connectivity index (χ4n) is 2.59. The first kappa shape index (κ1) is 17.4. The van der Waals surface area contributed by atoms with Gasteiger partial charge in [0.05, 0.1) is 19.8 Å². The molecule has 0 saturated heterocycles. The third-order valence-electron chi connectivity index (χ3n) is 3.40. The third-order valence-corrected chi connectivity index (χ3v) is 6.21. The largest absolute Gasteiger partial charge is 0.465 e. The highest BCUT2D eigenvalue weighted by Crippen LogP contribution is 2.65. The molecule has 0 saturated carbocycles. The lowest BCUT2D eigenvalue weighted by atomic mass is 9.88. The standard InChI is InChI=1S/C14H25O5P/c1-5-17-13(15)14(10-8-9-12(4)11-14)20(16,18-6-2)19-7-3/h9H,5-8,10-11H2,1-4H3. The molecule has 0 bridgehead atoms. The summed E-state index contributed by atoms with van der Waals surface area (Å²) in [6.07, 6.45) is 3.53. The Balaban J connectivity index is 3.24. The van der Waals surface area contributed by atoms with Crippen LogP contribution in [-0.2, 0) is 23.1 Å². The average molecular weight is 304 g/mol. The fourth-order valence-corrected chi connectivity index (χ4v) is 4.97. The van der Waals surface area contributed by atoms with E-state index in [1.165, 1.54) is 0 Å². The van der Waals surface area contributed by atoms with E-state index >= 15 is 0 Å². The van der Waals surface area contributed by atoms with Gasteiger partial charge in [-0.05, 0) is 47.0 Å². The second-order valence-electron chi connectivity index (χ2n) is 4.85. The summed E-state index contributed by atoms with van der Waals surface area (Å²) >= 11 is 0. The number of esters is 1. The van der Waals surface area contributed by atoms with E-state index < -0.39 is 18.7 Å². The summed E-state index contributed by atoms with van der Waals surface area (Å²) in [5.41, 5.74) is 1.02. The first-order valence-corrected chi connectivity index (χ1v) is 8.72. The maximum absolute atomic E-state index is 13.2. The van der Waals surface area contributed by atoms with Crippen molar-refractivity contribution < 1.29 is 23.1 Å². The molecule has 1 unspecified atom stereocenters. The minimum atomic E-state index is -3.56. The maximum atomic E-state index is 13.2. The van der Waals surface area contributed by atoms with Crippen molar-refractivity contribution >= 4 is 13.6 Å². The molecule has 1 aliphatic rings. The zero-order chi connectivity index (χ0) is 15.2. The van der Waals surface area contributed by atoms with Gasteiger partial charge < -0.3 is 13.8 Å². The van der Waals surface area contributed by atoms with Crippen LogP contribution in [0.2, 0.25) is 0 Å². The van der Waals surface area contributed by atoms with Gasteiger partial charge in [0.2, 0.25) is 0 Å². The SMILES string of the molecule is CCOC(=O)C1(P(=O)(OCC)OCC)CCC=C(C)C1. The van der Waals surface area contributed by atoms with Crippen LogP contribution >= 0.6 is 7.60 Å². The lowest BCUT2D eigenvalue weighted by Crippen LogP contribution is -2.43. The van der Waals surface area contributed by atoms with Crippen molar-refractivity contribution in [2.45, 2.75) is 52.1 Å². The topological polar surface area (TPSA) is 61.8 Å². The molecule has 6 heteroatoms. The molecule has 0 aromatic carbocycles. The second-order valence-corrected chi connectivity index (χ2v) is 7.22. The van der Waals surface area contributed by atoms with Crippen molar-refractivity contribution in [2.75, 3.05) is 19.8 Å². The number of hydrogen-bond donors (Lipinski definition) is 0. The molecule has 0 aromatic heterocycles. The van der Waals surface area contributed by atoms with E-state index in [0.29, 0.717) is 19.3 Å². The van der Waals surface area contributed by atoms with E-state index in [1.54, 1.807) is 20.8 Å². The summed E-state index contributed by atoms with van der Waals surface area (Å²) in [5, 5.41) is -1.20. The summed E-state index contributed by atoms with van der Waals surface area (Å²) in [5.74, 6) is -0.474. The molecule has 0 fully saturated rings. The van der Waals surface area contributed by atoms with Crippen molar-refractivity contribution in [3.05, 3.63) is 11.6 Å². The molecule has 1 atom stereocenters. The molecule has 1 rings (SSSR count). The summed E-state index contributed by atoms with van der Waals surface area (Å²) in [6.45, 7) is 7.88. The normalized spacial score (nSPS) is 23.3. The van der Waals surface area contributed by atoms with E-state index in [-0.39, 0.29) is 19.8 Å². The molecular formula is C14H25O5P. The number of rotatable bonds is 7. The lowest BCUT2D eigenvalue weighted by Gasteiger charge is -2.38. The van der Waals surface area contributed by atoms with E-state index in [1.807, 2.05) is 6.92 Å². The smallest absolute Gasteiger partial charge is 0.348 e. The molecule has 0 heterocycles. The molecule has 116 valence electrons. The van der Waals surface area contributed by atoms with Gasteiger partial charge in [0.15, 0.2) is 5.16 Å². The Morgan fingerprint density at radius 2 is 1.85 bits per heavy atom. The molecule has 0 amide bonds. The number of carbonyl (C=O) groups excluding carboxylic acids is 1. The van der Waals surface area contributed by atoms with Gasteiger partial charge in [0.25, 0.3) is 0 Å². The summed E-state index contributed by atoms with van der Waals surface area (Å²) < 4.78 is 29.2. The molecule has 0 spiro atoms. The predicted molar refractivity (Wildman–Crippen MR) is 77.8 cm³/mol. The number of carbonyl (C=O) groups is 1. The molecule has 0 aliphatic heterocycles. The Labute approximate surface area is 121 Å². The number of allylic oxidation sites excluding steroid dienone is 2. The van der Waals surface area contributed by atoms with Gasteiger partial charge in [0, 0.05) is 0 Å². The zero-order valence-corrected chi connectivity index (χ0v) is 13.7. The van der Waals surface area contributed by atoms with E-state index in [2.05, 4.69) is 6.08 Å². The maximum Gasteiger partial charge on any atom is 0.348 e. The van der Waals surface area contributed by atoms with Crippen LogP contribution in [0.3, 0.4) is 0 Å². The average Bonchev–Trinajstić information content (AvgIpc) is 2.39. The van der Waals surface area contributed by atoms with Crippen molar-refractivity contribution in [1.29, 1.82) is 0 Å². The minimum absolute atomic E-state index is 0.237. The van der Waals surface area contributed by atoms with Crippen LogP contribution in [0.25, 0.3) is 0 Å². The Hall–Kier alpha value is -0.640. The lowest BCUT2D eigenvalue weighted by molar-refractivity contribution is -0.147. The molecule has 0 radical (unpaired) electrons. The van der Waals surface area contributed by atoms with E-state index in [9.17, 15) is 9.36 Å². The molecule has 5 nitrogen and oxygen atoms in total. The highest BCUT2D eigenvalue weighted by molar-refractivity contribution is 7.56. The molecule has 0 N–H and O–H groups in total. The van der Waals surface area contributed by atoms with Crippen molar-refractivity contribution in [2.24, 2.45) is 0 Å². The molecular weight excluding hydrogens is 279 g/mol. The third kappa shape index (κ3) is 3.33. The summed E-state index contributed by atoms with van der Waals surface area (Å²) in [4.78, 5) is 12.5. The Morgan fingerprint density at radius 1 is 1.25 bits per heavy atom. The van der Waals surface area contributed by atoms with Gasteiger partial charge in [-0.25, -0.2) is 0 Å². The number of ether oxygens (including phenoxy) is 1. The minimum Gasteiger partial charge on any atom is -0.465 e. The van der Waals surface area contributed by atoms with Gasteiger partial charge in [-0.3, -0.25) is 9.36 Å². The van der Waals surface area contributed by atoms with Crippen LogP contribution in [0, 0.1) is 0 Å². The summed E-state index contributed by atoms with van der Waals surface area (Å²) in [6, 6.07) is 0. The van der Waals surface area contributed by atoms with Gasteiger partial charge in [0.1, 0.15) is 0 Å². The van der Waals surface area contributed by atoms with Crippen molar-refractivity contribution in [1.82, 2.24) is 0 Å².